The smallest absolute Gasteiger partial charge is 0.0714 e. The van der Waals surface area contributed by atoms with Crippen molar-refractivity contribution in [3.05, 3.63) is 185 Å². The summed E-state index contributed by atoms with van der Waals surface area (Å²) in [6.45, 7) is 22.4. The van der Waals surface area contributed by atoms with Gasteiger partial charge in [-0.25, -0.2) is 0 Å². The molecule has 0 bridgehead atoms. The zero-order chi connectivity index (χ0) is 39.1. The average Bonchev–Trinajstić information content (AvgIpc) is 3.51. The highest BCUT2D eigenvalue weighted by atomic mass is 14.9. The molecule has 0 heterocycles. The molecule has 0 amide bonds. The summed E-state index contributed by atoms with van der Waals surface area (Å²) in [6, 6.07) is 44.3. The Labute approximate surface area is 333 Å². The molecule has 1 unspecified atom stereocenters. The third kappa shape index (κ3) is 7.31. The molecule has 1 heteroatoms. The van der Waals surface area contributed by atoms with Crippen LogP contribution < -0.4 is 5.32 Å². The molecule has 284 valence electrons. The normalized spacial score (nSPS) is 14.5. The summed E-state index contributed by atoms with van der Waals surface area (Å²) in [5, 5.41) is 3.82. The first-order valence-corrected chi connectivity index (χ1v) is 21.0. The highest BCUT2D eigenvalue weighted by molar-refractivity contribution is 5.88. The van der Waals surface area contributed by atoms with Crippen molar-refractivity contribution >= 4 is 17.8 Å². The summed E-state index contributed by atoms with van der Waals surface area (Å²) in [6.07, 6.45) is 16.6. The van der Waals surface area contributed by atoms with E-state index < -0.39 is 5.41 Å². The number of fused-ring (bicyclic) bond motifs is 3. The Morgan fingerprint density at radius 1 is 0.618 bits per heavy atom. The van der Waals surface area contributed by atoms with Crippen molar-refractivity contribution in [3.8, 4) is 11.1 Å². The maximum Gasteiger partial charge on any atom is 0.0714 e. The lowest BCUT2D eigenvalue weighted by Crippen LogP contribution is -2.45. The van der Waals surface area contributed by atoms with Crippen molar-refractivity contribution in [2.24, 2.45) is 0 Å². The van der Waals surface area contributed by atoms with Gasteiger partial charge in [-0.15, -0.1) is 0 Å². The first-order chi connectivity index (χ1) is 26.7. The predicted molar refractivity (Wildman–Crippen MR) is 241 cm³/mol. The van der Waals surface area contributed by atoms with Crippen molar-refractivity contribution in [3.63, 3.8) is 0 Å². The minimum Gasteiger partial charge on any atom is -0.359 e. The van der Waals surface area contributed by atoms with Gasteiger partial charge < -0.3 is 5.32 Å². The minimum absolute atomic E-state index is 0.0700. The predicted octanol–water partition coefficient (Wildman–Crippen LogP) is 15.4. The molecule has 0 saturated heterocycles. The number of benzene rings is 5. The van der Waals surface area contributed by atoms with Crippen LogP contribution in [0, 0.1) is 0 Å². The molecule has 55 heavy (non-hydrogen) atoms. The van der Waals surface area contributed by atoms with Crippen molar-refractivity contribution in [2.45, 2.75) is 116 Å². The minimum atomic E-state index is -0.546. The topological polar surface area (TPSA) is 12.0 Å². The summed E-state index contributed by atoms with van der Waals surface area (Å²) < 4.78 is 0. The molecule has 1 aliphatic carbocycles. The highest BCUT2D eigenvalue weighted by Gasteiger charge is 2.50. The number of allylic oxidation sites excluding steroid dienone is 2. The van der Waals surface area contributed by atoms with Gasteiger partial charge in [0.05, 0.1) is 5.41 Å². The Balaban J connectivity index is 1.70. The number of hydrogen-bond donors (Lipinski definition) is 1. The van der Waals surface area contributed by atoms with Crippen LogP contribution in [0.5, 0.6) is 0 Å². The maximum atomic E-state index is 4.10. The second-order valence-electron chi connectivity index (χ2n) is 16.2. The molecule has 5 aromatic carbocycles. The number of anilines is 1. The Bertz CT molecular complexity index is 2040. The molecule has 6 rings (SSSR count). The first kappa shape index (κ1) is 39.8. The van der Waals surface area contributed by atoms with E-state index in [1.807, 2.05) is 12.2 Å². The summed E-state index contributed by atoms with van der Waals surface area (Å²) in [5.74, 6) is 0. The molecule has 1 atom stereocenters. The van der Waals surface area contributed by atoms with Gasteiger partial charge in [-0.1, -0.05) is 208 Å². The second-order valence-corrected chi connectivity index (χ2v) is 16.2. The fourth-order valence-corrected chi connectivity index (χ4v) is 9.75. The SMILES string of the molecule is C=Cc1ccc(C2(c3ccc(C=C)cc3)c3cc(N/C(=C/CC)CC)ccc3-c3ccc(C(CCC)(CCCCCC)C(C)(C)c4ccccc4)cc32)cc1. The number of nitrogens with one attached hydrogen (secondary N) is 1. The van der Waals surface area contributed by atoms with Crippen LogP contribution in [0.15, 0.2) is 140 Å². The van der Waals surface area contributed by atoms with Crippen LogP contribution in [0.25, 0.3) is 23.3 Å². The van der Waals surface area contributed by atoms with Gasteiger partial charge in [0, 0.05) is 16.8 Å². The van der Waals surface area contributed by atoms with Gasteiger partial charge in [-0.05, 0) is 98.9 Å². The van der Waals surface area contributed by atoms with E-state index in [-0.39, 0.29) is 10.8 Å². The van der Waals surface area contributed by atoms with E-state index in [0.29, 0.717) is 0 Å². The molecule has 1 aliphatic rings. The Morgan fingerprint density at radius 3 is 1.76 bits per heavy atom. The third-order valence-electron chi connectivity index (χ3n) is 12.8. The van der Waals surface area contributed by atoms with Crippen LogP contribution in [-0.2, 0) is 16.2 Å². The van der Waals surface area contributed by atoms with E-state index in [2.05, 4.69) is 181 Å². The van der Waals surface area contributed by atoms with Crippen LogP contribution >= 0.6 is 0 Å². The van der Waals surface area contributed by atoms with E-state index in [0.717, 1.165) is 48.9 Å². The third-order valence-corrected chi connectivity index (χ3v) is 12.8. The van der Waals surface area contributed by atoms with Crippen molar-refractivity contribution < 1.29 is 0 Å². The molecule has 1 nitrogen and oxygen atoms in total. The lowest BCUT2D eigenvalue weighted by atomic mass is 9.54. The van der Waals surface area contributed by atoms with Gasteiger partial charge in [-0.2, -0.15) is 0 Å². The lowest BCUT2D eigenvalue weighted by Gasteiger charge is -2.49. The molecule has 0 aliphatic heterocycles. The van der Waals surface area contributed by atoms with Gasteiger partial charge in [-0.3, -0.25) is 0 Å². The fraction of sp³-hybridized carbons (Fsp3) is 0.333. The molecule has 0 spiro atoms. The second kappa shape index (κ2) is 17.3. The van der Waals surface area contributed by atoms with E-state index in [1.165, 1.54) is 75.9 Å². The molecule has 0 saturated carbocycles. The van der Waals surface area contributed by atoms with Gasteiger partial charge in [0.15, 0.2) is 0 Å². The van der Waals surface area contributed by atoms with E-state index in [9.17, 15) is 0 Å². The van der Waals surface area contributed by atoms with Crippen LogP contribution in [0.2, 0.25) is 0 Å². The number of rotatable bonds is 18. The quantitative estimate of drug-likeness (QED) is 0.0870. The van der Waals surface area contributed by atoms with Crippen LogP contribution in [-0.4, -0.2) is 0 Å². The van der Waals surface area contributed by atoms with Crippen LogP contribution in [0.4, 0.5) is 5.69 Å². The summed E-state index contributed by atoms with van der Waals surface area (Å²) in [5.41, 5.74) is 14.6. The van der Waals surface area contributed by atoms with Gasteiger partial charge in [0.1, 0.15) is 0 Å². The molecule has 0 radical (unpaired) electrons. The monoisotopic (exact) mass is 725 g/mol. The Morgan fingerprint density at radius 2 is 1.22 bits per heavy atom. The molecule has 5 aromatic rings. The van der Waals surface area contributed by atoms with Crippen molar-refractivity contribution in [2.75, 3.05) is 5.32 Å². The Hall–Kier alpha value is -4.88. The number of unbranched alkanes of at least 4 members (excludes halogenated alkanes) is 3. The summed E-state index contributed by atoms with van der Waals surface area (Å²) in [4.78, 5) is 0. The van der Waals surface area contributed by atoms with Crippen molar-refractivity contribution in [1.82, 2.24) is 0 Å². The Kier molecular flexibility index (Phi) is 12.5. The number of hydrogen-bond acceptors (Lipinski definition) is 1. The van der Waals surface area contributed by atoms with Crippen LogP contribution in [0.1, 0.15) is 144 Å². The zero-order valence-electron chi connectivity index (χ0n) is 34.5. The average molecular weight is 726 g/mol. The van der Waals surface area contributed by atoms with E-state index in [1.54, 1.807) is 0 Å². The fourth-order valence-electron chi connectivity index (χ4n) is 9.75. The van der Waals surface area contributed by atoms with Crippen molar-refractivity contribution in [1.29, 1.82) is 0 Å². The van der Waals surface area contributed by atoms with Crippen LogP contribution in [0.3, 0.4) is 0 Å². The van der Waals surface area contributed by atoms with Gasteiger partial charge in [0.2, 0.25) is 0 Å². The molecule has 1 N–H and O–H groups in total. The van der Waals surface area contributed by atoms with Gasteiger partial charge in [0.25, 0.3) is 0 Å². The lowest BCUT2D eigenvalue weighted by molar-refractivity contribution is 0.206. The molecular weight excluding hydrogens is 663 g/mol. The van der Waals surface area contributed by atoms with E-state index >= 15 is 0 Å². The largest absolute Gasteiger partial charge is 0.359 e. The van der Waals surface area contributed by atoms with E-state index in [4.69, 9.17) is 0 Å². The molecular formula is C54H63N. The molecule has 0 fully saturated rings. The summed E-state index contributed by atoms with van der Waals surface area (Å²) >= 11 is 0. The molecule has 0 aromatic heterocycles. The van der Waals surface area contributed by atoms with Gasteiger partial charge >= 0.3 is 0 Å². The maximum absolute atomic E-state index is 4.10. The highest BCUT2D eigenvalue weighted by Crippen LogP contribution is 2.59. The summed E-state index contributed by atoms with van der Waals surface area (Å²) in [7, 11) is 0. The standard InChI is InChI=1S/C54H63N/c1-9-15-16-20-37-53(36-11-3,52(7,8)42-22-18-17-19-23-42)45-32-34-48-49-35-33-47(55-46(14-6)21-10-2)39-51(49)54(50(48)38-45,43-28-24-40(12-4)25-29-43)44-30-26-41(13-5)27-31-44/h12-13,17-19,21-35,38-39,55H,4-5,9-11,14-16,20,36-37H2,1-3,6-8H3/b46-21+. The zero-order valence-corrected chi connectivity index (χ0v) is 34.5. The first-order valence-electron chi connectivity index (χ1n) is 21.0.